The number of alkyl halides is 3. The molecule has 0 bridgehead atoms. The predicted molar refractivity (Wildman–Crippen MR) is 73.6 cm³/mol. The number of carbonyl (C=O) groups is 1. The maximum atomic E-state index is 13.6. The summed E-state index contributed by atoms with van der Waals surface area (Å²) >= 11 is 0. The molecule has 22 heavy (non-hydrogen) atoms. The fourth-order valence-corrected chi connectivity index (χ4v) is 2.08. The van der Waals surface area contributed by atoms with Crippen molar-refractivity contribution in [1.82, 2.24) is 4.90 Å². The van der Waals surface area contributed by atoms with Gasteiger partial charge in [-0.1, -0.05) is 30.3 Å². The Hall–Kier alpha value is -2.37. The lowest BCUT2D eigenvalue weighted by atomic mass is 10.1. The molecule has 2 aromatic rings. The summed E-state index contributed by atoms with van der Waals surface area (Å²) in [7, 11) is 1.34. The Labute approximate surface area is 125 Å². The minimum atomic E-state index is -4.62. The van der Waals surface area contributed by atoms with Gasteiger partial charge >= 0.3 is 6.18 Å². The highest BCUT2D eigenvalue weighted by molar-refractivity contribution is 5.95. The van der Waals surface area contributed by atoms with E-state index in [0.29, 0.717) is 0 Å². The molecule has 0 aliphatic heterocycles. The highest BCUT2D eigenvalue weighted by atomic mass is 19.4. The molecule has 0 aliphatic carbocycles. The first-order valence-electron chi connectivity index (χ1n) is 6.46. The van der Waals surface area contributed by atoms with E-state index in [-0.39, 0.29) is 12.1 Å². The zero-order chi connectivity index (χ0) is 16.3. The van der Waals surface area contributed by atoms with Crippen LogP contribution in [-0.2, 0) is 12.7 Å². The monoisotopic (exact) mass is 311 g/mol. The van der Waals surface area contributed by atoms with Crippen LogP contribution in [0.3, 0.4) is 0 Å². The third-order valence-electron chi connectivity index (χ3n) is 3.17. The van der Waals surface area contributed by atoms with Gasteiger partial charge in [0.1, 0.15) is 5.82 Å². The van der Waals surface area contributed by atoms with Gasteiger partial charge in [-0.3, -0.25) is 4.79 Å². The average molecular weight is 311 g/mol. The van der Waals surface area contributed by atoms with Gasteiger partial charge in [-0.05, 0) is 18.2 Å². The van der Waals surface area contributed by atoms with E-state index in [0.717, 1.165) is 17.0 Å². The van der Waals surface area contributed by atoms with E-state index >= 15 is 0 Å². The summed E-state index contributed by atoms with van der Waals surface area (Å²) in [4.78, 5) is 13.3. The van der Waals surface area contributed by atoms with E-state index < -0.39 is 29.0 Å². The Bertz CT molecular complexity index is 682. The van der Waals surface area contributed by atoms with E-state index in [2.05, 4.69) is 0 Å². The maximum Gasteiger partial charge on any atom is 0.417 e. The third-order valence-corrected chi connectivity index (χ3v) is 3.17. The smallest absolute Gasteiger partial charge is 0.337 e. The first kappa shape index (κ1) is 16.0. The Morgan fingerprint density at radius 3 is 2.27 bits per heavy atom. The van der Waals surface area contributed by atoms with E-state index in [1.165, 1.54) is 37.4 Å². The molecule has 0 saturated heterocycles. The van der Waals surface area contributed by atoms with Crippen molar-refractivity contribution in [3.63, 3.8) is 0 Å². The van der Waals surface area contributed by atoms with Crippen LogP contribution in [-0.4, -0.2) is 17.9 Å². The molecular weight excluding hydrogens is 298 g/mol. The Morgan fingerprint density at radius 1 is 1.05 bits per heavy atom. The molecule has 0 radical (unpaired) electrons. The van der Waals surface area contributed by atoms with Gasteiger partial charge in [0.2, 0.25) is 0 Å². The highest BCUT2D eigenvalue weighted by Crippen LogP contribution is 2.32. The molecule has 0 unspecified atom stereocenters. The number of benzene rings is 2. The summed E-state index contributed by atoms with van der Waals surface area (Å²) in [5.74, 6) is -1.32. The van der Waals surface area contributed by atoms with Crippen LogP contribution in [0.5, 0.6) is 0 Å². The molecule has 0 fully saturated rings. The average Bonchev–Trinajstić information content (AvgIpc) is 2.48. The zero-order valence-corrected chi connectivity index (χ0v) is 11.7. The van der Waals surface area contributed by atoms with Crippen molar-refractivity contribution in [2.45, 2.75) is 12.7 Å². The van der Waals surface area contributed by atoms with Crippen LogP contribution in [0.4, 0.5) is 17.6 Å². The Morgan fingerprint density at radius 2 is 1.64 bits per heavy atom. The van der Waals surface area contributed by atoms with E-state index in [9.17, 15) is 22.4 Å². The fourth-order valence-electron chi connectivity index (χ4n) is 2.08. The third kappa shape index (κ3) is 3.44. The lowest BCUT2D eigenvalue weighted by Crippen LogP contribution is -2.28. The summed E-state index contributed by atoms with van der Waals surface area (Å²) in [5, 5.41) is 0. The second-order valence-electron chi connectivity index (χ2n) is 4.80. The van der Waals surface area contributed by atoms with Crippen LogP contribution in [0.2, 0.25) is 0 Å². The number of hydrogen-bond donors (Lipinski definition) is 0. The van der Waals surface area contributed by atoms with Crippen molar-refractivity contribution in [1.29, 1.82) is 0 Å². The molecule has 0 spiro atoms. The van der Waals surface area contributed by atoms with Crippen molar-refractivity contribution in [2.75, 3.05) is 7.05 Å². The number of nitrogens with zero attached hydrogens (tertiary/aromatic N) is 1. The first-order chi connectivity index (χ1) is 10.3. The van der Waals surface area contributed by atoms with Gasteiger partial charge in [0.05, 0.1) is 11.1 Å². The van der Waals surface area contributed by atoms with Crippen molar-refractivity contribution < 1.29 is 22.4 Å². The van der Waals surface area contributed by atoms with Crippen LogP contribution in [0, 0.1) is 5.82 Å². The molecule has 1 amide bonds. The van der Waals surface area contributed by atoms with Crippen LogP contribution >= 0.6 is 0 Å². The molecule has 116 valence electrons. The normalized spacial score (nSPS) is 11.3. The van der Waals surface area contributed by atoms with Gasteiger partial charge in [-0.2, -0.15) is 13.2 Å². The van der Waals surface area contributed by atoms with Crippen LogP contribution in [0.1, 0.15) is 21.5 Å². The van der Waals surface area contributed by atoms with Gasteiger partial charge in [-0.25, -0.2) is 4.39 Å². The maximum absolute atomic E-state index is 13.6. The SMILES string of the molecule is CN(Cc1ccccc1F)C(=O)c1ccccc1C(F)(F)F. The summed E-state index contributed by atoms with van der Waals surface area (Å²) in [6.45, 7) is -0.113. The van der Waals surface area contributed by atoms with Crippen LogP contribution < -0.4 is 0 Å². The minimum Gasteiger partial charge on any atom is -0.337 e. The zero-order valence-electron chi connectivity index (χ0n) is 11.7. The lowest BCUT2D eigenvalue weighted by Gasteiger charge is -2.20. The van der Waals surface area contributed by atoms with Gasteiger partial charge < -0.3 is 4.90 Å². The first-order valence-corrected chi connectivity index (χ1v) is 6.46. The lowest BCUT2D eigenvalue weighted by molar-refractivity contribution is -0.138. The van der Waals surface area contributed by atoms with Crippen LogP contribution in [0.15, 0.2) is 48.5 Å². The summed E-state index contributed by atoms with van der Waals surface area (Å²) in [6, 6.07) is 10.4. The van der Waals surface area contributed by atoms with Gasteiger partial charge in [0, 0.05) is 19.2 Å². The summed E-state index contributed by atoms with van der Waals surface area (Å²) in [6.07, 6.45) is -4.62. The van der Waals surface area contributed by atoms with Crippen molar-refractivity contribution in [3.8, 4) is 0 Å². The summed E-state index contributed by atoms with van der Waals surface area (Å²) < 4.78 is 52.4. The molecule has 0 aromatic heterocycles. The second kappa shape index (κ2) is 6.17. The Balaban J connectivity index is 2.27. The molecule has 2 rings (SSSR count). The minimum absolute atomic E-state index is 0.113. The number of hydrogen-bond acceptors (Lipinski definition) is 1. The van der Waals surface area contributed by atoms with Gasteiger partial charge in [0.15, 0.2) is 0 Å². The van der Waals surface area contributed by atoms with Gasteiger partial charge in [-0.15, -0.1) is 0 Å². The van der Waals surface area contributed by atoms with E-state index in [1.54, 1.807) is 6.07 Å². The topological polar surface area (TPSA) is 20.3 Å². The quantitative estimate of drug-likeness (QED) is 0.781. The molecule has 0 atom stereocenters. The number of halogens is 4. The molecule has 0 heterocycles. The molecule has 0 saturated carbocycles. The molecular formula is C16H13F4NO. The number of amides is 1. The van der Waals surface area contributed by atoms with Crippen molar-refractivity contribution >= 4 is 5.91 Å². The number of carbonyl (C=O) groups excluding carboxylic acids is 1. The van der Waals surface area contributed by atoms with Crippen LogP contribution in [0.25, 0.3) is 0 Å². The second-order valence-corrected chi connectivity index (χ2v) is 4.80. The largest absolute Gasteiger partial charge is 0.417 e. The van der Waals surface area contributed by atoms with E-state index in [4.69, 9.17) is 0 Å². The fraction of sp³-hybridized carbons (Fsp3) is 0.188. The van der Waals surface area contributed by atoms with Crippen molar-refractivity contribution in [3.05, 3.63) is 71.0 Å². The predicted octanol–water partition coefficient (Wildman–Crippen LogP) is 4.12. The standard InChI is InChI=1S/C16H13F4NO/c1-21(10-11-6-2-5-9-14(11)17)15(22)12-7-3-4-8-13(12)16(18,19)20/h2-9H,10H2,1H3. The van der Waals surface area contributed by atoms with Crippen molar-refractivity contribution in [2.24, 2.45) is 0 Å². The Kier molecular flexibility index (Phi) is 4.49. The van der Waals surface area contributed by atoms with E-state index in [1.807, 2.05) is 0 Å². The molecule has 0 N–H and O–H groups in total. The highest BCUT2D eigenvalue weighted by Gasteiger charge is 2.35. The number of rotatable bonds is 3. The molecule has 2 nitrogen and oxygen atoms in total. The molecule has 0 aliphatic rings. The molecule has 2 aromatic carbocycles. The molecule has 6 heteroatoms. The van der Waals surface area contributed by atoms with Gasteiger partial charge in [0.25, 0.3) is 5.91 Å². The summed E-state index contributed by atoms with van der Waals surface area (Å²) in [5.41, 5.74) is -1.21.